The van der Waals surface area contributed by atoms with E-state index in [9.17, 15) is 8.42 Å². The second-order valence-corrected chi connectivity index (χ2v) is 9.09. The number of nitrogens with one attached hydrogen (secondary N) is 1. The van der Waals surface area contributed by atoms with Crippen molar-refractivity contribution >= 4 is 37.0 Å². The molecule has 1 aromatic heterocycles. The van der Waals surface area contributed by atoms with Crippen LogP contribution in [0.15, 0.2) is 28.9 Å². The summed E-state index contributed by atoms with van der Waals surface area (Å²) in [6.07, 6.45) is 2.80. The first-order valence-electron chi connectivity index (χ1n) is 7.65. The fraction of sp³-hybridized carbons (Fsp3) is 0.500. The number of hydrogen-bond donors (Lipinski definition) is 1. The minimum atomic E-state index is -3.37. The first-order chi connectivity index (χ1) is 10.7. The highest BCUT2D eigenvalue weighted by atomic mass is 79.9. The van der Waals surface area contributed by atoms with Crippen LogP contribution in [0.3, 0.4) is 0 Å². The van der Waals surface area contributed by atoms with Crippen LogP contribution in [-0.4, -0.2) is 37.9 Å². The molecule has 23 heavy (non-hydrogen) atoms. The van der Waals surface area contributed by atoms with Crippen molar-refractivity contribution in [1.29, 1.82) is 0 Å². The number of para-hydroxylation sites is 1. The number of halogens is 1. The van der Waals surface area contributed by atoms with Crippen molar-refractivity contribution in [3.05, 3.63) is 34.4 Å². The number of nitrogens with zero attached hydrogens (tertiary/aromatic N) is 2. The van der Waals surface area contributed by atoms with Gasteiger partial charge < -0.3 is 4.57 Å². The third-order valence-corrected chi connectivity index (χ3v) is 5.82. The van der Waals surface area contributed by atoms with E-state index >= 15 is 0 Å². The minimum Gasteiger partial charge on any atom is -0.346 e. The highest BCUT2D eigenvalue weighted by Crippen LogP contribution is 2.29. The SMILES string of the molecule is CC(C)Cn1cc(CCNS(=O)(=O)N(C)C)c2cccc(Br)c21. The van der Waals surface area contributed by atoms with E-state index in [1.807, 2.05) is 12.1 Å². The molecule has 1 aromatic carbocycles. The molecule has 2 aromatic rings. The van der Waals surface area contributed by atoms with Crippen LogP contribution in [0.2, 0.25) is 0 Å². The molecule has 0 unspecified atom stereocenters. The van der Waals surface area contributed by atoms with Gasteiger partial charge in [0.25, 0.3) is 10.2 Å². The fourth-order valence-electron chi connectivity index (χ4n) is 2.57. The van der Waals surface area contributed by atoms with Crippen molar-refractivity contribution in [1.82, 2.24) is 13.6 Å². The molecule has 0 radical (unpaired) electrons. The summed E-state index contributed by atoms with van der Waals surface area (Å²) >= 11 is 3.63. The minimum absolute atomic E-state index is 0.383. The summed E-state index contributed by atoms with van der Waals surface area (Å²) in [6.45, 7) is 5.69. The van der Waals surface area contributed by atoms with Crippen molar-refractivity contribution in [2.75, 3.05) is 20.6 Å². The van der Waals surface area contributed by atoms with Gasteiger partial charge in [-0.05, 0) is 39.9 Å². The van der Waals surface area contributed by atoms with Crippen LogP contribution < -0.4 is 4.72 Å². The van der Waals surface area contributed by atoms with E-state index in [-0.39, 0.29) is 0 Å². The zero-order valence-corrected chi connectivity index (χ0v) is 16.4. The molecular formula is C16H24BrN3O2S. The first-order valence-corrected chi connectivity index (χ1v) is 9.89. The molecule has 0 spiro atoms. The third kappa shape index (κ3) is 4.35. The Morgan fingerprint density at radius 2 is 2.00 bits per heavy atom. The lowest BCUT2D eigenvalue weighted by Crippen LogP contribution is -2.36. The molecule has 1 heterocycles. The largest absolute Gasteiger partial charge is 0.346 e. The first kappa shape index (κ1) is 18.4. The zero-order chi connectivity index (χ0) is 17.2. The van der Waals surface area contributed by atoms with Gasteiger partial charge in [-0.3, -0.25) is 0 Å². The molecule has 0 amide bonds. The van der Waals surface area contributed by atoms with Gasteiger partial charge in [-0.25, -0.2) is 4.72 Å². The summed E-state index contributed by atoms with van der Waals surface area (Å²) in [7, 11) is -0.331. The van der Waals surface area contributed by atoms with Gasteiger partial charge in [-0.2, -0.15) is 12.7 Å². The Morgan fingerprint density at radius 3 is 2.61 bits per heavy atom. The van der Waals surface area contributed by atoms with Gasteiger partial charge in [-0.1, -0.05) is 26.0 Å². The lowest BCUT2D eigenvalue weighted by atomic mass is 10.1. The Morgan fingerprint density at radius 1 is 1.30 bits per heavy atom. The molecule has 0 aliphatic carbocycles. The summed E-state index contributed by atoms with van der Waals surface area (Å²) in [5.41, 5.74) is 2.33. The molecule has 0 saturated heterocycles. The molecule has 0 bridgehead atoms. The fourth-order valence-corrected chi connectivity index (χ4v) is 3.78. The monoisotopic (exact) mass is 401 g/mol. The standard InChI is InChI=1S/C16H24BrN3O2S/c1-12(2)10-20-11-13(8-9-18-23(21,22)19(3)4)14-6-5-7-15(17)16(14)20/h5-7,11-12,18H,8-10H2,1-4H3. The predicted molar refractivity (Wildman–Crippen MR) is 98.8 cm³/mol. The summed E-state index contributed by atoms with van der Waals surface area (Å²) < 4.78 is 30.7. The van der Waals surface area contributed by atoms with Gasteiger partial charge in [-0.15, -0.1) is 0 Å². The van der Waals surface area contributed by atoms with Gasteiger partial charge in [0.1, 0.15) is 0 Å². The number of hydrogen-bond acceptors (Lipinski definition) is 2. The maximum Gasteiger partial charge on any atom is 0.278 e. The second kappa shape index (κ2) is 7.34. The van der Waals surface area contributed by atoms with Crippen molar-refractivity contribution in [3.63, 3.8) is 0 Å². The molecule has 5 nitrogen and oxygen atoms in total. The quantitative estimate of drug-likeness (QED) is 0.774. The van der Waals surface area contributed by atoms with E-state index in [0.29, 0.717) is 18.9 Å². The van der Waals surface area contributed by atoms with Crippen LogP contribution in [0.5, 0.6) is 0 Å². The van der Waals surface area contributed by atoms with Gasteiger partial charge >= 0.3 is 0 Å². The van der Waals surface area contributed by atoms with E-state index in [0.717, 1.165) is 16.6 Å². The highest BCUT2D eigenvalue weighted by Gasteiger charge is 2.15. The Balaban J connectivity index is 2.26. The summed E-state index contributed by atoms with van der Waals surface area (Å²) in [5.74, 6) is 0.540. The normalized spacial score (nSPS) is 12.7. The molecule has 0 aliphatic rings. The molecular weight excluding hydrogens is 378 g/mol. The number of fused-ring (bicyclic) bond motifs is 1. The lowest BCUT2D eigenvalue weighted by Gasteiger charge is -2.11. The average Bonchev–Trinajstić information content (AvgIpc) is 2.77. The maximum absolute atomic E-state index is 11.8. The van der Waals surface area contributed by atoms with Crippen molar-refractivity contribution < 1.29 is 8.42 Å². The van der Waals surface area contributed by atoms with Crippen molar-refractivity contribution in [3.8, 4) is 0 Å². The van der Waals surface area contributed by atoms with Crippen LogP contribution in [0, 0.1) is 5.92 Å². The van der Waals surface area contributed by atoms with Gasteiger partial charge in [0.05, 0.1) is 5.52 Å². The van der Waals surface area contributed by atoms with E-state index < -0.39 is 10.2 Å². The van der Waals surface area contributed by atoms with E-state index in [1.54, 1.807) is 0 Å². The van der Waals surface area contributed by atoms with E-state index in [4.69, 9.17) is 0 Å². The zero-order valence-electron chi connectivity index (χ0n) is 14.0. The van der Waals surface area contributed by atoms with E-state index in [2.05, 4.69) is 51.3 Å². The smallest absolute Gasteiger partial charge is 0.278 e. The Kier molecular flexibility index (Phi) is 5.89. The Bertz CT molecular complexity index is 782. The van der Waals surface area contributed by atoms with E-state index in [1.165, 1.54) is 29.3 Å². The molecule has 2 rings (SSSR count). The topological polar surface area (TPSA) is 54.3 Å². The van der Waals surface area contributed by atoms with Crippen molar-refractivity contribution in [2.45, 2.75) is 26.8 Å². The maximum atomic E-state index is 11.8. The Labute approximate surface area is 147 Å². The molecule has 128 valence electrons. The summed E-state index contributed by atoms with van der Waals surface area (Å²) in [5, 5.41) is 1.17. The number of aromatic nitrogens is 1. The van der Waals surface area contributed by atoms with Gasteiger partial charge in [0, 0.05) is 43.2 Å². The molecule has 0 atom stereocenters. The second-order valence-electron chi connectivity index (χ2n) is 6.27. The molecule has 0 saturated carbocycles. The Hall–Kier alpha value is -0.890. The van der Waals surface area contributed by atoms with Gasteiger partial charge in [0.2, 0.25) is 0 Å². The summed E-state index contributed by atoms with van der Waals surface area (Å²) in [4.78, 5) is 0. The average molecular weight is 402 g/mol. The van der Waals surface area contributed by atoms with Crippen LogP contribution >= 0.6 is 15.9 Å². The molecule has 0 fully saturated rings. The number of rotatable bonds is 7. The predicted octanol–water partition coefficient (Wildman–Crippen LogP) is 3.00. The summed E-state index contributed by atoms with van der Waals surface area (Å²) in [6, 6.07) is 6.14. The lowest BCUT2D eigenvalue weighted by molar-refractivity contribution is 0.506. The van der Waals surface area contributed by atoms with Crippen LogP contribution in [-0.2, 0) is 23.2 Å². The third-order valence-electron chi connectivity index (χ3n) is 3.65. The van der Waals surface area contributed by atoms with Crippen LogP contribution in [0.4, 0.5) is 0 Å². The van der Waals surface area contributed by atoms with Crippen LogP contribution in [0.1, 0.15) is 19.4 Å². The number of benzene rings is 1. The van der Waals surface area contributed by atoms with Gasteiger partial charge in [0.15, 0.2) is 0 Å². The molecule has 0 aliphatic heterocycles. The highest BCUT2D eigenvalue weighted by molar-refractivity contribution is 9.10. The van der Waals surface area contributed by atoms with Crippen molar-refractivity contribution in [2.24, 2.45) is 5.92 Å². The van der Waals surface area contributed by atoms with Crippen LogP contribution in [0.25, 0.3) is 10.9 Å². The molecule has 1 N–H and O–H groups in total. The molecule has 7 heteroatoms.